The predicted octanol–water partition coefficient (Wildman–Crippen LogP) is 4.25. The number of esters is 1. The Morgan fingerprint density at radius 3 is 2.77 bits per heavy atom. The van der Waals surface area contributed by atoms with Gasteiger partial charge in [-0.25, -0.2) is 14.2 Å². The standard InChI is InChI=1S/C18H17ClFN3O2S/c1-18(2,3)25-17(24)12-9-22-15(16-21-6-7-26-16)23-14(12)11-5-4-10(20)8-13(11)19/h4-9,14H,1-3H3,(H,22,23). The number of nitrogens with zero attached hydrogens (tertiary/aromatic N) is 2. The number of thiazole rings is 1. The van der Waals surface area contributed by atoms with Crippen molar-refractivity contribution >= 4 is 34.7 Å². The van der Waals surface area contributed by atoms with Gasteiger partial charge in [0.2, 0.25) is 0 Å². The van der Waals surface area contributed by atoms with Crippen molar-refractivity contribution in [3.05, 3.63) is 63.0 Å². The fourth-order valence-corrected chi connectivity index (χ4v) is 3.25. The highest BCUT2D eigenvalue weighted by molar-refractivity contribution is 7.11. The van der Waals surface area contributed by atoms with E-state index in [1.807, 2.05) is 5.38 Å². The highest BCUT2D eigenvalue weighted by Gasteiger charge is 2.31. The van der Waals surface area contributed by atoms with Crippen molar-refractivity contribution in [3.8, 4) is 0 Å². The zero-order chi connectivity index (χ0) is 18.9. The fraction of sp³-hybridized carbons (Fsp3) is 0.278. The minimum Gasteiger partial charge on any atom is -0.456 e. The topological polar surface area (TPSA) is 63.6 Å². The summed E-state index contributed by atoms with van der Waals surface area (Å²) in [6.07, 6.45) is 3.21. The third-order valence-corrected chi connectivity index (χ3v) is 4.55. The van der Waals surface area contributed by atoms with E-state index in [1.165, 1.54) is 29.5 Å². The Hall–Kier alpha value is -2.25. The number of halogens is 2. The van der Waals surface area contributed by atoms with Crippen molar-refractivity contribution in [3.63, 3.8) is 0 Å². The number of hydrogen-bond acceptors (Lipinski definition) is 6. The molecule has 1 atom stereocenters. The van der Waals surface area contributed by atoms with Crippen molar-refractivity contribution in [2.75, 3.05) is 0 Å². The molecule has 8 heteroatoms. The van der Waals surface area contributed by atoms with Crippen molar-refractivity contribution in [2.45, 2.75) is 32.4 Å². The second kappa shape index (κ2) is 7.17. The summed E-state index contributed by atoms with van der Waals surface area (Å²) in [5, 5.41) is 5.67. The maximum atomic E-state index is 13.4. The summed E-state index contributed by atoms with van der Waals surface area (Å²) in [5.74, 6) is -0.463. The lowest BCUT2D eigenvalue weighted by Gasteiger charge is -2.26. The molecule has 0 fully saturated rings. The van der Waals surface area contributed by atoms with E-state index in [-0.39, 0.29) is 10.6 Å². The number of aliphatic imine (C=N–C) groups is 1. The van der Waals surface area contributed by atoms with Crippen LogP contribution in [0.2, 0.25) is 5.02 Å². The van der Waals surface area contributed by atoms with Crippen molar-refractivity contribution in [1.82, 2.24) is 10.3 Å². The zero-order valence-corrected chi connectivity index (χ0v) is 16.0. The molecular weight excluding hydrogens is 377 g/mol. The Kier molecular flexibility index (Phi) is 5.11. The number of ether oxygens (including phenoxy) is 1. The van der Waals surface area contributed by atoms with Crippen LogP contribution in [0.4, 0.5) is 4.39 Å². The third kappa shape index (κ3) is 4.11. The molecular formula is C18H17ClFN3O2S. The maximum absolute atomic E-state index is 13.4. The van der Waals surface area contributed by atoms with Crippen LogP contribution < -0.4 is 5.32 Å². The summed E-state index contributed by atoms with van der Waals surface area (Å²) >= 11 is 7.63. The van der Waals surface area contributed by atoms with E-state index in [1.54, 1.807) is 33.2 Å². The lowest BCUT2D eigenvalue weighted by atomic mass is 9.98. The second-order valence-electron chi connectivity index (χ2n) is 6.63. The predicted molar refractivity (Wildman–Crippen MR) is 99.9 cm³/mol. The minimum absolute atomic E-state index is 0.189. The molecule has 3 rings (SSSR count). The molecule has 2 heterocycles. The lowest BCUT2D eigenvalue weighted by molar-refractivity contribution is -0.150. The van der Waals surface area contributed by atoms with Gasteiger partial charge in [-0.3, -0.25) is 4.99 Å². The molecule has 0 saturated carbocycles. The van der Waals surface area contributed by atoms with Crippen LogP contribution in [0.15, 0.2) is 46.5 Å². The lowest BCUT2D eigenvalue weighted by Crippen LogP contribution is -2.32. The van der Waals surface area contributed by atoms with Crippen LogP contribution in [0.3, 0.4) is 0 Å². The molecule has 0 spiro atoms. The first kappa shape index (κ1) is 18.5. The molecule has 1 aromatic carbocycles. The van der Waals surface area contributed by atoms with Crippen LogP contribution in [0, 0.1) is 5.82 Å². The van der Waals surface area contributed by atoms with Gasteiger partial charge in [0.15, 0.2) is 10.8 Å². The number of carbonyl (C=O) groups is 1. The van der Waals surface area contributed by atoms with Gasteiger partial charge < -0.3 is 10.1 Å². The van der Waals surface area contributed by atoms with Gasteiger partial charge in [0.25, 0.3) is 0 Å². The Bertz CT molecular complexity index is 888. The minimum atomic E-state index is -0.724. The van der Waals surface area contributed by atoms with Gasteiger partial charge in [0, 0.05) is 28.4 Å². The quantitative estimate of drug-likeness (QED) is 0.791. The Balaban J connectivity index is 2.02. The van der Waals surface area contributed by atoms with Gasteiger partial charge in [-0.15, -0.1) is 11.3 Å². The Labute approximate surface area is 159 Å². The van der Waals surface area contributed by atoms with Crippen LogP contribution in [-0.2, 0) is 9.53 Å². The van der Waals surface area contributed by atoms with E-state index in [4.69, 9.17) is 16.3 Å². The summed E-state index contributed by atoms with van der Waals surface area (Å²) in [4.78, 5) is 21.5. The van der Waals surface area contributed by atoms with Gasteiger partial charge in [-0.2, -0.15) is 0 Å². The molecule has 1 aromatic heterocycles. The van der Waals surface area contributed by atoms with E-state index < -0.39 is 23.4 Å². The highest BCUT2D eigenvalue weighted by atomic mass is 35.5. The van der Waals surface area contributed by atoms with Crippen LogP contribution in [0.5, 0.6) is 0 Å². The first-order chi connectivity index (χ1) is 12.2. The number of benzene rings is 1. The van der Waals surface area contributed by atoms with Gasteiger partial charge in [0.05, 0.1) is 5.57 Å². The highest BCUT2D eigenvalue weighted by Crippen LogP contribution is 2.35. The van der Waals surface area contributed by atoms with Crippen LogP contribution in [0.25, 0.3) is 0 Å². The van der Waals surface area contributed by atoms with E-state index in [0.29, 0.717) is 16.4 Å². The van der Waals surface area contributed by atoms with Crippen molar-refractivity contribution in [2.24, 2.45) is 4.99 Å². The van der Waals surface area contributed by atoms with Crippen LogP contribution in [-0.4, -0.2) is 22.4 Å². The normalized spacial score (nSPS) is 17.2. The average molecular weight is 394 g/mol. The summed E-state index contributed by atoms with van der Waals surface area (Å²) < 4.78 is 18.9. The molecule has 0 saturated heterocycles. The molecule has 1 aliphatic rings. The number of amidine groups is 1. The van der Waals surface area contributed by atoms with Crippen molar-refractivity contribution < 1.29 is 13.9 Å². The number of hydrogen-bond donors (Lipinski definition) is 1. The first-order valence-corrected chi connectivity index (χ1v) is 9.13. The van der Waals surface area contributed by atoms with Gasteiger partial charge >= 0.3 is 5.97 Å². The summed E-state index contributed by atoms with van der Waals surface area (Å²) in [6.45, 7) is 5.35. The van der Waals surface area contributed by atoms with E-state index >= 15 is 0 Å². The number of rotatable bonds is 3. The third-order valence-electron chi connectivity index (χ3n) is 3.44. The SMILES string of the molecule is CC(C)(C)OC(=O)C1=CNC(c2nccs2)=NC1c1ccc(F)cc1Cl. The smallest absolute Gasteiger partial charge is 0.338 e. The van der Waals surface area contributed by atoms with Gasteiger partial charge in [-0.05, 0) is 32.9 Å². The molecule has 1 aliphatic heterocycles. The zero-order valence-electron chi connectivity index (χ0n) is 14.4. The average Bonchev–Trinajstić information content (AvgIpc) is 3.07. The van der Waals surface area contributed by atoms with E-state index in [2.05, 4.69) is 15.3 Å². The molecule has 5 nitrogen and oxygen atoms in total. The molecule has 1 N–H and O–H groups in total. The van der Waals surface area contributed by atoms with Crippen molar-refractivity contribution in [1.29, 1.82) is 0 Å². The van der Waals surface area contributed by atoms with E-state index in [0.717, 1.165) is 0 Å². The second-order valence-corrected chi connectivity index (χ2v) is 7.93. The summed E-state index contributed by atoms with van der Waals surface area (Å²) in [6, 6.07) is 3.28. The largest absolute Gasteiger partial charge is 0.456 e. The maximum Gasteiger partial charge on any atom is 0.338 e. The van der Waals surface area contributed by atoms with Gasteiger partial charge in [-0.1, -0.05) is 17.7 Å². The van der Waals surface area contributed by atoms with Crippen LogP contribution >= 0.6 is 22.9 Å². The molecule has 2 aromatic rings. The Morgan fingerprint density at radius 1 is 1.38 bits per heavy atom. The van der Waals surface area contributed by atoms with E-state index in [9.17, 15) is 9.18 Å². The summed E-state index contributed by atoms with van der Waals surface area (Å²) in [5.41, 5.74) is 0.142. The number of carbonyl (C=O) groups excluding carboxylic acids is 1. The Morgan fingerprint density at radius 2 is 2.15 bits per heavy atom. The molecule has 0 amide bonds. The molecule has 1 unspecified atom stereocenters. The van der Waals surface area contributed by atoms with Gasteiger partial charge in [0.1, 0.15) is 17.5 Å². The number of nitrogens with one attached hydrogen (secondary N) is 1. The fourth-order valence-electron chi connectivity index (χ4n) is 2.39. The molecule has 0 bridgehead atoms. The molecule has 26 heavy (non-hydrogen) atoms. The first-order valence-electron chi connectivity index (χ1n) is 7.87. The molecule has 0 aliphatic carbocycles. The van der Waals surface area contributed by atoms with Crippen LogP contribution in [0.1, 0.15) is 37.4 Å². The molecule has 0 radical (unpaired) electrons. The monoisotopic (exact) mass is 393 g/mol. The molecule has 136 valence electrons. The number of aromatic nitrogens is 1. The summed E-state index contributed by atoms with van der Waals surface area (Å²) in [7, 11) is 0.